The molecular weight excluding hydrogens is 384 g/mol. The third kappa shape index (κ3) is 4.43. The van der Waals surface area contributed by atoms with E-state index in [1.54, 1.807) is 49.4 Å². The Balaban J connectivity index is 1.56. The van der Waals surface area contributed by atoms with Gasteiger partial charge in [-0.2, -0.15) is 0 Å². The van der Waals surface area contributed by atoms with Crippen LogP contribution in [-0.2, 0) is 19.1 Å². The number of esters is 1. The molecule has 1 heterocycles. The number of anilines is 2. The first-order chi connectivity index (χ1) is 13.3. The number of carbonyl (C=O) groups is 3. The van der Waals surface area contributed by atoms with Gasteiger partial charge in [-0.15, -0.1) is 0 Å². The van der Waals surface area contributed by atoms with Crippen LogP contribution in [0.5, 0.6) is 5.75 Å². The summed E-state index contributed by atoms with van der Waals surface area (Å²) in [4.78, 5) is 36.6. The molecule has 7 nitrogen and oxygen atoms in total. The Bertz CT molecular complexity index is 931. The number of rotatable bonds is 5. The van der Waals surface area contributed by atoms with E-state index in [0.717, 1.165) is 0 Å². The highest BCUT2D eigenvalue weighted by Crippen LogP contribution is 2.29. The second kappa shape index (κ2) is 8.31. The maximum absolute atomic E-state index is 12.3. The number of benzene rings is 2. The van der Waals surface area contributed by atoms with Crippen LogP contribution >= 0.6 is 11.6 Å². The summed E-state index contributed by atoms with van der Waals surface area (Å²) in [7, 11) is 0. The Morgan fingerprint density at radius 2 is 2.00 bits per heavy atom. The molecule has 146 valence electrons. The maximum Gasteiger partial charge on any atom is 0.310 e. The van der Waals surface area contributed by atoms with Gasteiger partial charge in [0.05, 0.1) is 12.1 Å². The fraction of sp³-hybridized carbons (Fsp3) is 0.250. The first kappa shape index (κ1) is 19.7. The van der Waals surface area contributed by atoms with Crippen LogP contribution in [0.3, 0.4) is 0 Å². The third-order valence-corrected chi connectivity index (χ3v) is 4.67. The van der Waals surface area contributed by atoms with Crippen molar-refractivity contribution in [3.63, 3.8) is 0 Å². The molecule has 0 saturated carbocycles. The number of hydrogen-bond acceptors (Lipinski definition) is 5. The minimum Gasteiger partial charge on any atom is -0.478 e. The van der Waals surface area contributed by atoms with E-state index in [9.17, 15) is 14.4 Å². The zero-order chi connectivity index (χ0) is 20.3. The van der Waals surface area contributed by atoms with Crippen LogP contribution in [0.4, 0.5) is 11.4 Å². The van der Waals surface area contributed by atoms with Gasteiger partial charge in [0, 0.05) is 10.7 Å². The third-order valence-electron chi connectivity index (χ3n) is 4.26. The van der Waals surface area contributed by atoms with Crippen molar-refractivity contribution >= 4 is 40.8 Å². The van der Waals surface area contributed by atoms with Gasteiger partial charge < -0.3 is 20.1 Å². The fourth-order valence-electron chi connectivity index (χ4n) is 2.65. The average Bonchev–Trinajstić information content (AvgIpc) is 2.66. The molecule has 2 aromatic rings. The van der Waals surface area contributed by atoms with Gasteiger partial charge in [0.2, 0.25) is 0 Å². The Kier molecular flexibility index (Phi) is 5.84. The topological polar surface area (TPSA) is 93.7 Å². The minimum absolute atomic E-state index is 0.312. The molecule has 0 saturated heterocycles. The SMILES string of the molecule is Cc1c(Cl)cccc1NC(=O)[C@H](C)OC(=O)C[C@H]1Oc2ccccc2NC1=O. The van der Waals surface area contributed by atoms with Crippen molar-refractivity contribution in [2.24, 2.45) is 0 Å². The summed E-state index contributed by atoms with van der Waals surface area (Å²) in [6, 6.07) is 12.0. The van der Waals surface area contributed by atoms with Gasteiger partial charge in [0.15, 0.2) is 12.2 Å². The average molecular weight is 403 g/mol. The molecule has 1 aliphatic heterocycles. The quantitative estimate of drug-likeness (QED) is 0.748. The van der Waals surface area contributed by atoms with Crippen LogP contribution in [-0.4, -0.2) is 30.0 Å². The van der Waals surface area contributed by atoms with Crippen LogP contribution in [0.25, 0.3) is 0 Å². The van der Waals surface area contributed by atoms with Crippen LogP contribution in [0, 0.1) is 6.92 Å². The maximum atomic E-state index is 12.3. The molecule has 28 heavy (non-hydrogen) atoms. The van der Waals surface area contributed by atoms with Crippen LogP contribution in [0.15, 0.2) is 42.5 Å². The predicted molar refractivity (Wildman–Crippen MR) is 104 cm³/mol. The molecule has 0 aliphatic carbocycles. The van der Waals surface area contributed by atoms with E-state index in [4.69, 9.17) is 21.1 Å². The van der Waals surface area contributed by atoms with Crippen LogP contribution in [0.2, 0.25) is 5.02 Å². The van der Waals surface area contributed by atoms with Crippen LogP contribution < -0.4 is 15.4 Å². The summed E-state index contributed by atoms with van der Waals surface area (Å²) in [5, 5.41) is 5.86. The van der Waals surface area contributed by atoms with Gasteiger partial charge in [-0.05, 0) is 43.7 Å². The molecule has 0 spiro atoms. The van der Waals surface area contributed by atoms with Crippen molar-refractivity contribution in [2.45, 2.75) is 32.5 Å². The van der Waals surface area contributed by atoms with E-state index < -0.39 is 30.0 Å². The lowest BCUT2D eigenvalue weighted by atomic mass is 10.1. The Hall–Kier alpha value is -3.06. The fourth-order valence-corrected chi connectivity index (χ4v) is 2.83. The summed E-state index contributed by atoms with van der Waals surface area (Å²) in [6.45, 7) is 3.22. The largest absolute Gasteiger partial charge is 0.478 e. The van der Waals surface area contributed by atoms with E-state index in [2.05, 4.69) is 10.6 Å². The lowest BCUT2D eigenvalue weighted by Crippen LogP contribution is -2.40. The van der Waals surface area contributed by atoms with E-state index in [-0.39, 0.29) is 6.42 Å². The van der Waals surface area contributed by atoms with Crippen molar-refractivity contribution in [1.29, 1.82) is 0 Å². The molecule has 0 aromatic heterocycles. The molecule has 2 amide bonds. The van der Waals surface area contributed by atoms with Crippen molar-refractivity contribution in [3.05, 3.63) is 53.1 Å². The number of halogens is 1. The molecule has 0 radical (unpaired) electrons. The van der Waals surface area contributed by atoms with Gasteiger partial charge in [-0.25, -0.2) is 0 Å². The second-order valence-corrected chi connectivity index (χ2v) is 6.74. The number of nitrogens with one attached hydrogen (secondary N) is 2. The smallest absolute Gasteiger partial charge is 0.310 e. The van der Waals surface area contributed by atoms with E-state index in [0.29, 0.717) is 27.7 Å². The molecule has 0 bridgehead atoms. The lowest BCUT2D eigenvalue weighted by molar-refractivity contribution is -0.155. The van der Waals surface area contributed by atoms with Crippen molar-refractivity contribution in [1.82, 2.24) is 0 Å². The number of carbonyl (C=O) groups excluding carboxylic acids is 3. The Morgan fingerprint density at radius 3 is 2.79 bits per heavy atom. The van der Waals surface area contributed by atoms with E-state index in [1.165, 1.54) is 6.92 Å². The number of amides is 2. The van der Waals surface area contributed by atoms with Crippen molar-refractivity contribution in [3.8, 4) is 5.75 Å². The van der Waals surface area contributed by atoms with Gasteiger partial charge in [0.1, 0.15) is 5.75 Å². The first-order valence-electron chi connectivity index (χ1n) is 8.67. The van der Waals surface area contributed by atoms with E-state index >= 15 is 0 Å². The summed E-state index contributed by atoms with van der Waals surface area (Å²) < 4.78 is 10.7. The number of fused-ring (bicyclic) bond motifs is 1. The predicted octanol–water partition coefficient (Wildman–Crippen LogP) is 3.31. The first-order valence-corrected chi connectivity index (χ1v) is 9.05. The Morgan fingerprint density at radius 1 is 1.25 bits per heavy atom. The number of ether oxygens (including phenoxy) is 2. The summed E-state index contributed by atoms with van der Waals surface area (Å²) >= 11 is 6.03. The molecular formula is C20H19ClN2O5. The van der Waals surface area contributed by atoms with Crippen LogP contribution in [0.1, 0.15) is 18.9 Å². The minimum atomic E-state index is -1.05. The molecule has 1 aliphatic rings. The highest BCUT2D eigenvalue weighted by atomic mass is 35.5. The summed E-state index contributed by atoms with van der Waals surface area (Å²) in [5.74, 6) is -1.19. The Labute approximate surface area is 167 Å². The zero-order valence-corrected chi connectivity index (χ0v) is 16.1. The molecule has 3 rings (SSSR count). The number of para-hydroxylation sites is 2. The molecule has 2 aromatic carbocycles. The zero-order valence-electron chi connectivity index (χ0n) is 15.3. The van der Waals surface area contributed by atoms with Gasteiger partial charge >= 0.3 is 5.97 Å². The molecule has 2 N–H and O–H groups in total. The lowest BCUT2D eigenvalue weighted by Gasteiger charge is -2.25. The highest BCUT2D eigenvalue weighted by Gasteiger charge is 2.31. The summed E-state index contributed by atoms with van der Waals surface area (Å²) in [6.07, 6.45) is -2.38. The molecule has 8 heteroatoms. The molecule has 2 atom stereocenters. The highest BCUT2D eigenvalue weighted by molar-refractivity contribution is 6.31. The van der Waals surface area contributed by atoms with Crippen molar-refractivity contribution < 1.29 is 23.9 Å². The molecule has 0 unspecified atom stereocenters. The molecule has 0 fully saturated rings. The van der Waals surface area contributed by atoms with Gasteiger partial charge in [-0.1, -0.05) is 29.8 Å². The van der Waals surface area contributed by atoms with Gasteiger partial charge in [0.25, 0.3) is 11.8 Å². The normalized spacial score (nSPS) is 16.2. The van der Waals surface area contributed by atoms with Crippen molar-refractivity contribution in [2.75, 3.05) is 10.6 Å². The van der Waals surface area contributed by atoms with E-state index in [1.807, 2.05) is 0 Å². The second-order valence-electron chi connectivity index (χ2n) is 6.33. The monoisotopic (exact) mass is 402 g/mol. The summed E-state index contributed by atoms with van der Waals surface area (Å²) in [5.41, 5.74) is 1.79. The number of hydrogen-bond donors (Lipinski definition) is 2. The van der Waals surface area contributed by atoms with Gasteiger partial charge in [-0.3, -0.25) is 14.4 Å². The standard InChI is InChI=1S/C20H19ClN2O5/c1-11-13(21)6-5-8-14(11)22-19(25)12(2)27-18(24)10-17-20(26)23-15-7-3-4-9-16(15)28-17/h3-9,12,17H,10H2,1-2H3,(H,22,25)(H,23,26)/t12-,17+/m0/s1.